The van der Waals surface area contributed by atoms with Crippen molar-refractivity contribution < 1.29 is 4.79 Å². The molecule has 6 nitrogen and oxygen atoms in total. The second-order valence-electron chi connectivity index (χ2n) is 4.45. The molecule has 3 N–H and O–H groups in total. The Kier molecular flexibility index (Phi) is 6.21. The van der Waals surface area contributed by atoms with Gasteiger partial charge in [-0.1, -0.05) is 6.07 Å². The first-order chi connectivity index (χ1) is 7.98. The molecule has 0 bridgehead atoms. The van der Waals surface area contributed by atoms with Crippen LogP contribution in [0.15, 0.2) is 24.4 Å². The van der Waals surface area contributed by atoms with E-state index in [1.807, 2.05) is 28.8 Å². The third kappa shape index (κ3) is 4.05. The summed E-state index contributed by atoms with van der Waals surface area (Å²) in [6, 6.07) is 5.62. The highest BCUT2D eigenvalue weighted by Crippen LogP contribution is 2.03. The topological polar surface area (TPSA) is 85.3 Å². The van der Waals surface area contributed by atoms with Crippen LogP contribution in [-0.4, -0.2) is 26.0 Å². The summed E-state index contributed by atoms with van der Waals surface area (Å²) in [5.41, 5.74) is 5.54. The maximum Gasteiger partial charge on any atom is 0.239 e. The molecule has 2 rings (SSSR count). The summed E-state index contributed by atoms with van der Waals surface area (Å²) in [5.74, 6) is 0.461. The van der Waals surface area contributed by atoms with Gasteiger partial charge in [-0.3, -0.25) is 9.20 Å². The zero-order valence-electron chi connectivity index (χ0n) is 10.7. The Morgan fingerprint density at radius 1 is 1.37 bits per heavy atom. The van der Waals surface area contributed by atoms with Crippen molar-refractivity contribution >= 4 is 36.4 Å². The minimum absolute atomic E-state index is 0. The number of fused-ring (bicyclic) bond motifs is 1. The van der Waals surface area contributed by atoms with E-state index in [1.165, 1.54) is 0 Å². The first-order valence-electron chi connectivity index (χ1n) is 5.34. The van der Waals surface area contributed by atoms with Crippen molar-refractivity contribution in [2.24, 2.45) is 5.73 Å². The number of halogens is 2. The second kappa shape index (κ2) is 6.70. The van der Waals surface area contributed by atoms with Crippen LogP contribution in [0.2, 0.25) is 0 Å². The van der Waals surface area contributed by atoms with E-state index in [0.29, 0.717) is 12.4 Å². The standard InChI is InChI=1S/C11H15N5O.2ClH/c1-11(2,12)10(17)13-7-9-15-14-8-5-3-4-6-16(8)9;;/h3-6H,7,12H2,1-2H3,(H,13,17);2*1H. The van der Waals surface area contributed by atoms with Crippen molar-refractivity contribution in [1.29, 1.82) is 0 Å². The molecule has 2 aromatic heterocycles. The van der Waals surface area contributed by atoms with Gasteiger partial charge in [0.05, 0.1) is 12.1 Å². The van der Waals surface area contributed by atoms with Crippen LogP contribution in [0, 0.1) is 0 Å². The number of carbonyl (C=O) groups excluding carboxylic acids is 1. The van der Waals surface area contributed by atoms with Crippen molar-refractivity contribution in [1.82, 2.24) is 19.9 Å². The summed E-state index contributed by atoms with van der Waals surface area (Å²) in [7, 11) is 0. The molecule has 0 radical (unpaired) electrons. The van der Waals surface area contributed by atoms with Gasteiger partial charge in [0.2, 0.25) is 5.91 Å². The monoisotopic (exact) mass is 305 g/mol. The second-order valence-corrected chi connectivity index (χ2v) is 4.45. The van der Waals surface area contributed by atoms with Gasteiger partial charge in [0.1, 0.15) is 0 Å². The molecule has 19 heavy (non-hydrogen) atoms. The predicted octanol–water partition coefficient (Wildman–Crippen LogP) is 0.926. The molecule has 2 aromatic rings. The summed E-state index contributed by atoms with van der Waals surface area (Å²) in [6.45, 7) is 3.62. The van der Waals surface area contributed by atoms with Crippen molar-refractivity contribution in [2.45, 2.75) is 25.9 Å². The molecule has 0 aliphatic heterocycles. The molecule has 106 valence electrons. The Hall–Kier alpha value is -1.37. The van der Waals surface area contributed by atoms with Gasteiger partial charge in [-0.2, -0.15) is 0 Å². The van der Waals surface area contributed by atoms with Crippen LogP contribution in [0.4, 0.5) is 0 Å². The lowest BCUT2D eigenvalue weighted by molar-refractivity contribution is -0.125. The Morgan fingerprint density at radius 2 is 2.05 bits per heavy atom. The molecule has 0 aliphatic rings. The molecular formula is C11H17Cl2N5O. The van der Waals surface area contributed by atoms with Crippen molar-refractivity contribution in [2.75, 3.05) is 0 Å². The first-order valence-corrected chi connectivity index (χ1v) is 5.34. The number of pyridine rings is 1. The van der Waals surface area contributed by atoms with Gasteiger partial charge < -0.3 is 11.1 Å². The lowest BCUT2D eigenvalue weighted by atomic mass is 10.1. The van der Waals surface area contributed by atoms with E-state index in [9.17, 15) is 4.79 Å². The van der Waals surface area contributed by atoms with Gasteiger partial charge in [-0.05, 0) is 26.0 Å². The molecule has 0 unspecified atom stereocenters. The van der Waals surface area contributed by atoms with Gasteiger partial charge in [-0.25, -0.2) is 0 Å². The molecule has 0 aliphatic carbocycles. The quantitative estimate of drug-likeness (QED) is 0.883. The minimum Gasteiger partial charge on any atom is -0.347 e. The van der Waals surface area contributed by atoms with E-state index in [0.717, 1.165) is 5.65 Å². The fourth-order valence-corrected chi connectivity index (χ4v) is 1.40. The molecule has 0 spiro atoms. The molecule has 1 amide bonds. The van der Waals surface area contributed by atoms with Crippen LogP contribution in [-0.2, 0) is 11.3 Å². The molecule has 2 heterocycles. The summed E-state index contributed by atoms with van der Waals surface area (Å²) in [4.78, 5) is 11.6. The fraction of sp³-hybridized carbons (Fsp3) is 0.364. The highest BCUT2D eigenvalue weighted by molar-refractivity contribution is 5.85. The Labute approximate surface area is 123 Å². The number of amides is 1. The highest BCUT2D eigenvalue weighted by Gasteiger charge is 2.21. The van der Waals surface area contributed by atoms with Crippen LogP contribution in [0.5, 0.6) is 0 Å². The van der Waals surface area contributed by atoms with Crippen LogP contribution < -0.4 is 11.1 Å². The molecule has 0 saturated heterocycles. The van der Waals surface area contributed by atoms with Crippen LogP contribution in [0.3, 0.4) is 0 Å². The Balaban J connectivity index is 0.00000162. The maximum absolute atomic E-state index is 11.6. The summed E-state index contributed by atoms with van der Waals surface area (Å²) < 4.78 is 1.82. The highest BCUT2D eigenvalue weighted by atomic mass is 35.5. The number of nitrogens with two attached hydrogens (primary N) is 1. The molecule has 0 atom stereocenters. The third-order valence-corrected chi connectivity index (χ3v) is 2.38. The molecular weight excluding hydrogens is 289 g/mol. The Morgan fingerprint density at radius 3 is 2.68 bits per heavy atom. The summed E-state index contributed by atoms with van der Waals surface area (Å²) in [6.07, 6.45) is 1.85. The van der Waals surface area contributed by atoms with Gasteiger partial charge in [0.25, 0.3) is 0 Å². The zero-order chi connectivity index (χ0) is 12.5. The molecule has 0 fully saturated rings. The number of nitrogens with one attached hydrogen (secondary N) is 1. The van der Waals surface area contributed by atoms with E-state index in [2.05, 4.69) is 15.5 Å². The Bertz CT molecular complexity index is 549. The van der Waals surface area contributed by atoms with E-state index < -0.39 is 5.54 Å². The first kappa shape index (κ1) is 17.6. The van der Waals surface area contributed by atoms with Gasteiger partial charge in [-0.15, -0.1) is 35.0 Å². The van der Waals surface area contributed by atoms with Crippen LogP contribution >= 0.6 is 24.8 Å². The van der Waals surface area contributed by atoms with Crippen molar-refractivity contribution in [3.05, 3.63) is 30.2 Å². The molecule has 0 saturated carbocycles. The van der Waals surface area contributed by atoms with Gasteiger partial charge in [0, 0.05) is 6.20 Å². The summed E-state index contributed by atoms with van der Waals surface area (Å²) >= 11 is 0. The largest absolute Gasteiger partial charge is 0.347 e. The predicted molar refractivity (Wildman–Crippen MR) is 77.6 cm³/mol. The van der Waals surface area contributed by atoms with E-state index in [4.69, 9.17) is 5.73 Å². The minimum atomic E-state index is -0.888. The van der Waals surface area contributed by atoms with Crippen molar-refractivity contribution in [3.63, 3.8) is 0 Å². The molecule has 0 aromatic carbocycles. The number of hydrogen-bond donors (Lipinski definition) is 2. The number of aromatic nitrogens is 3. The number of nitrogens with zero attached hydrogens (tertiary/aromatic N) is 3. The number of rotatable bonds is 3. The average molecular weight is 306 g/mol. The van der Waals surface area contributed by atoms with Crippen LogP contribution in [0.1, 0.15) is 19.7 Å². The number of carbonyl (C=O) groups is 1. The maximum atomic E-state index is 11.6. The summed E-state index contributed by atoms with van der Waals surface area (Å²) in [5, 5.41) is 10.7. The average Bonchev–Trinajstić information content (AvgIpc) is 2.68. The zero-order valence-corrected chi connectivity index (χ0v) is 12.3. The number of hydrogen-bond acceptors (Lipinski definition) is 4. The molecule has 8 heteroatoms. The fourth-order valence-electron chi connectivity index (χ4n) is 1.40. The van der Waals surface area contributed by atoms with E-state index in [-0.39, 0.29) is 30.7 Å². The van der Waals surface area contributed by atoms with Gasteiger partial charge >= 0.3 is 0 Å². The normalized spacial score (nSPS) is 10.5. The van der Waals surface area contributed by atoms with Gasteiger partial charge in [0.15, 0.2) is 11.5 Å². The van der Waals surface area contributed by atoms with E-state index in [1.54, 1.807) is 13.8 Å². The lowest BCUT2D eigenvalue weighted by Crippen LogP contribution is -2.48. The van der Waals surface area contributed by atoms with Crippen molar-refractivity contribution in [3.8, 4) is 0 Å². The SMILES string of the molecule is CC(C)(N)C(=O)NCc1nnc2ccccn12.Cl.Cl. The van der Waals surface area contributed by atoms with Crippen LogP contribution in [0.25, 0.3) is 5.65 Å². The smallest absolute Gasteiger partial charge is 0.239 e. The van der Waals surface area contributed by atoms with E-state index >= 15 is 0 Å². The lowest BCUT2D eigenvalue weighted by Gasteiger charge is -2.17. The third-order valence-electron chi connectivity index (χ3n) is 2.38.